The van der Waals surface area contributed by atoms with Crippen molar-refractivity contribution in [3.05, 3.63) is 66.9 Å². The van der Waals surface area contributed by atoms with Gasteiger partial charge in [-0.2, -0.15) is 0 Å². The Morgan fingerprint density at radius 2 is 1.82 bits per heavy atom. The number of fused-ring (bicyclic) bond motifs is 1. The second kappa shape index (κ2) is 6.61. The van der Waals surface area contributed by atoms with Crippen LogP contribution in [0.3, 0.4) is 0 Å². The number of thiazole rings is 1. The van der Waals surface area contributed by atoms with Gasteiger partial charge >= 0.3 is 0 Å². The number of nitrogens with zero attached hydrogens (tertiary/aromatic N) is 6. The van der Waals surface area contributed by atoms with Gasteiger partial charge < -0.3 is 4.57 Å². The zero-order valence-corrected chi connectivity index (χ0v) is 16.2. The SMILES string of the molecule is Cc1nc(-c2cccnc2)sc1-c1ccc2cc(-c3ncccn3)n(C)c2n1. The van der Waals surface area contributed by atoms with Crippen LogP contribution >= 0.6 is 11.3 Å². The lowest BCUT2D eigenvalue weighted by atomic mass is 10.2. The summed E-state index contributed by atoms with van der Waals surface area (Å²) in [6, 6.07) is 12.0. The van der Waals surface area contributed by atoms with Crippen LogP contribution in [0.2, 0.25) is 0 Å². The molecule has 136 valence electrons. The van der Waals surface area contributed by atoms with Crippen LogP contribution in [0.25, 0.3) is 43.7 Å². The molecule has 5 aromatic heterocycles. The van der Waals surface area contributed by atoms with Gasteiger partial charge in [0.15, 0.2) is 5.82 Å². The molecule has 0 aromatic carbocycles. The van der Waals surface area contributed by atoms with Gasteiger partial charge in [-0.15, -0.1) is 11.3 Å². The van der Waals surface area contributed by atoms with Gasteiger partial charge in [-0.1, -0.05) is 0 Å². The molecular weight excluding hydrogens is 368 g/mol. The van der Waals surface area contributed by atoms with E-state index < -0.39 is 0 Å². The van der Waals surface area contributed by atoms with Crippen LogP contribution in [0, 0.1) is 6.92 Å². The van der Waals surface area contributed by atoms with Crippen molar-refractivity contribution >= 4 is 22.4 Å². The third-order valence-corrected chi connectivity index (χ3v) is 5.84. The highest BCUT2D eigenvalue weighted by molar-refractivity contribution is 7.18. The first-order valence-corrected chi connectivity index (χ1v) is 9.64. The van der Waals surface area contributed by atoms with E-state index in [9.17, 15) is 0 Å². The van der Waals surface area contributed by atoms with E-state index in [4.69, 9.17) is 9.97 Å². The molecule has 5 aromatic rings. The van der Waals surface area contributed by atoms with Crippen LogP contribution in [0.1, 0.15) is 5.69 Å². The molecule has 0 saturated carbocycles. The van der Waals surface area contributed by atoms with Crippen LogP contribution in [0.5, 0.6) is 0 Å². The highest BCUT2D eigenvalue weighted by atomic mass is 32.1. The Morgan fingerprint density at radius 1 is 0.964 bits per heavy atom. The van der Waals surface area contributed by atoms with Gasteiger partial charge in [0.2, 0.25) is 0 Å². The fourth-order valence-electron chi connectivity index (χ4n) is 3.22. The van der Waals surface area contributed by atoms with Crippen LogP contribution in [0.15, 0.2) is 61.2 Å². The lowest BCUT2D eigenvalue weighted by Crippen LogP contribution is -1.96. The molecule has 0 atom stereocenters. The monoisotopic (exact) mass is 384 g/mol. The first-order valence-electron chi connectivity index (χ1n) is 8.83. The van der Waals surface area contributed by atoms with Crippen molar-refractivity contribution in [3.8, 4) is 32.7 Å². The van der Waals surface area contributed by atoms with E-state index in [1.165, 1.54) is 0 Å². The van der Waals surface area contributed by atoms with E-state index in [1.807, 2.05) is 49.0 Å². The number of hydrogen-bond acceptors (Lipinski definition) is 6. The first kappa shape index (κ1) is 16.7. The molecule has 0 aliphatic heterocycles. The van der Waals surface area contributed by atoms with Gasteiger partial charge in [0.25, 0.3) is 0 Å². The molecule has 0 spiro atoms. The molecule has 0 saturated heterocycles. The highest BCUT2D eigenvalue weighted by Crippen LogP contribution is 2.35. The molecule has 6 nitrogen and oxygen atoms in total. The summed E-state index contributed by atoms with van der Waals surface area (Å²) in [6.07, 6.45) is 7.10. The van der Waals surface area contributed by atoms with Crippen LogP contribution in [-0.4, -0.2) is 29.5 Å². The molecule has 0 unspecified atom stereocenters. The van der Waals surface area contributed by atoms with E-state index in [0.29, 0.717) is 5.82 Å². The van der Waals surface area contributed by atoms with E-state index >= 15 is 0 Å². The van der Waals surface area contributed by atoms with Gasteiger partial charge in [0.1, 0.15) is 10.7 Å². The van der Waals surface area contributed by atoms with Crippen molar-refractivity contribution < 1.29 is 0 Å². The Morgan fingerprint density at radius 3 is 2.61 bits per heavy atom. The molecule has 0 fully saturated rings. The fourth-order valence-corrected chi connectivity index (χ4v) is 4.24. The molecule has 0 radical (unpaired) electrons. The van der Waals surface area contributed by atoms with Gasteiger partial charge in [-0.25, -0.2) is 19.9 Å². The topological polar surface area (TPSA) is 69.4 Å². The predicted molar refractivity (Wildman–Crippen MR) is 111 cm³/mol. The Labute approximate surface area is 165 Å². The number of rotatable bonds is 3. The summed E-state index contributed by atoms with van der Waals surface area (Å²) in [7, 11) is 1.99. The maximum Gasteiger partial charge on any atom is 0.176 e. The molecule has 5 heterocycles. The van der Waals surface area contributed by atoms with Gasteiger partial charge in [-0.05, 0) is 43.3 Å². The molecule has 0 bridgehead atoms. The maximum absolute atomic E-state index is 4.92. The minimum absolute atomic E-state index is 0.692. The smallest absolute Gasteiger partial charge is 0.176 e. The minimum atomic E-state index is 0.692. The summed E-state index contributed by atoms with van der Waals surface area (Å²) >= 11 is 1.64. The number of aromatic nitrogens is 6. The van der Waals surface area contributed by atoms with Crippen molar-refractivity contribution in [2.45, 2.75) is 6.92 Å². The molecular formula is C21H16N6S. The third kappa shape index (κ3) is 2.76. The van der Waals surface area contributed by atoms with Crippen molar-refractivity contribution in [1.29, 1.82) is 0 Å². The van der Waals surface area contributed by atoms with Crippen molar-refractivity contribution in [2.24, 2.45) is 7.05 Å². The largest absolute Gasteiger partial charge is 0.326 e. The van der Waals surface area contributed by atoms with Gasteiger partial charge in [0, 0.05) is 42.8 Å². The molecule has 0 amide bonds. The Bertz CT molecular complexity index is 1270. The minimum Gasteiger partial charge on any atom is -0.326 e. The molecule has 5 rings (SSSR count). The fraction of sp³-hybridized carbons (Fsp3) is 0.0952. The maximum atomic E-state index is 4.92. The predicted octanol–water partition coefficient (Wildman–Crippen LogP) is 4.52. The van der Waals surface area contributed by atoms with Crippen LogP contribution < -0.4 is 0 Å². The summed E-state index contributed by atoms with van der Waals surface area (Å²) in [5.74, 6) is 0.692. The number of hydrogen-bond donors (Lipinski definition) is 0. The summed E-state index contributed by atoms with van der Waals surface area (Å²) in [5.41, 5.74) is 4.74. The van der Waals surface area contributed by atoms with E-state index in [2.05, 4.69) is 27.1 Å². The molecule has 0 N–H and O–H groups in total. The molecule has 28 heavy (non-hydrogen) atoms. The van der Waals surface area contributed by atoms with Gasteiger partial charge in [-0.3, -0.25) is 4.98 Å². The van der Waals surface area contributed by atoms with Crippen molar-refractivity contribution in [2.75, 3.05) is 0 Å². The molecule has 0 aliphatic rings. The summed E-state index contributed by atoms with van der Waals surface area (Å²) < 4.78 is 2.03. The second-order valence-electron chi connectivity index (χ2n) is 6.45. The highest BCUT2D eigenvalue weighted by Gasteiger charge is 2.16. The average Bonchev–Trinajstić information content (AvgIpc) is 3.29. The zero-order chi connectivity index (χ0) is 19.1. The van der Waals surface area contributed by atoms with E-state index in [0.717, 1.165) is 43.6 Å². The third-order valence-electron chi connectivity index (χ3n) is 4.61. The average molecular weight is 384 g/mol. The summed E-state index contributed by atoms with van der Waals surface area (Å²) in [6.45, 7) is 2.02. The summed E-state index contributed by atoms with van der Waals surface area (Å²) in [5, 5.41) is 2.01. The van der Waals surface area contributed by atoms with Crippen molar-refractivity contribution in [3.63, 3.8) is 0 Å². The second-order valence-corrected chi connectivity index (χ2v) is 7.44. The van der Waals surface area contributed by atoms with Crippen LogP contribution in [-0.2, 0) is 7.05 Å². The number of pyridine rings is 2. The van der Waals surface area contributed by atoms with E-state index in [1.54, 1.807) is 29.9 Å². The Hall–Kier alpha value is -3.45. The quantitative estimate of drug-likeness (QED) is 0.457. The van der Waals surface area contributed by atoms with Crippen molar-refractivity contribution in [1.82, 2.24) is 29.5 Å². The van der Waals surface area contributed by atoms with Gasteiger partial charge in [0.05, 0.1) is 22.0 Å². The molecule has 7 heteroatoms. The standard InChI is InChI=1S/C21H16N6S/c1-13-18(28-21(25-13)15-5-3-8-22-12-15)16-7-6-14-11-17(27(2)20(14)26-16)19-23-9-4-10-24-19/h3-12H,1-2H3. The first-order chi connectivity index (χ1) is 13.7. The lowest BCUT2D eigenvalue weighted by Gasteiger charge is -2.03. The zero-order valence-electron chi connectivity index (χ0n) is 15.4. The summed E-state index contributed by atoms with van der Waals surface area (Å²) in [4.78, 5) is 23.6. The number of aryl methyl sites for hydroxylation is 2. The Kier molecular flexibility index (Phi) is 3.95. The molecule has 0 aliphatic carbocycles. The van der Waals surface area contributed by atoms with E-state index in [-0.39, 0.29) is 0 Å². The van der Waals surface area contributed by atoms with Crippen LogP contribution in [0.4, 0.5) is 0 Å². The Balaban J connectivity index is 1.61. The lowest BCUT2D eigenvalue weighted by molar-refractivity contribution is 0.940. The normalized spacial score (nSPS) is 11.2.